The van der Waals surface area contributed by atoms with Gasteiger partial charge in [0, 0.05) is 19.6 Å². The normalized spacial score (nSPS) is 22.2. The van der Waals surface area contributed by atoms with Crippen LogP contribution in [0.1, 0.15) is 34.1 Å². The maximum atomic E-state index is 12.9. The van der Waals surface area contributed by atoms with Crippen LogP contribution in [0.25, 0.3) is 11.6 Å². The molecule has 0 aromatic carbocycles. The Morgan fingerprint density at radius 2 is 2.08 bits per heavy atom. The highest BCUT2D eigenvalue weighted by Crippen LogP contribution is 2.29. The van der Waals surface area contributed by atoms with Gasteiger partial charge in [-0.05, 0) is 44.2 Å². The maximum absolute atomic E-state index is 12.9. The Morgan fingerprint density at radius 1 is 1.36 bits per heavy atom. The lowest BCUT2D eigenvalue weighted by Gasteiger charge is -2.36. The van der Waals surface area contributed by atoms with E-state index >= 15 is 0 Å². The molecule has 1 fully saturated rings. The molecule has 2 aromatic rings. The molecule has 3 unspecified atom stereocenters. The van der Waals surface area contributed by atoms with Crippen molar-refractivity contribution < 1.29 is 9.21 Å². The fraction of sp³-hybridized carbons (Fsp3) is 0.611. The Labute approximate surface area is 153 Å². The molecule has 2 aromatic heterocycles. The van der Waals surface area contributed by atoms with Crippen molar-refractivity contribution in [1.82, 2.24) is 19.7 Å². The van der Waals surface area contributed by atoms with Gasteiger partial charge in [-0.25, -0.2) is 0 Å². The van der Waals surface area contributed by atoms with Gasteiger partial charge in [0.2, 0.25) is 5.91 Å². The van der Waals surface area contributed by atoms with E-state index in [1.807, 2.05) is 35.4 Å². The molecule has 6 nitrogen and oxygen atoms in total. The summed E-state index contributed by atoms with van der Waals surface area (Å²) in [5.41, 5.74) is 0. The second-order valence-electron chi connectivity index (χ2n) is 6.98. The molecule has 0 saturated carbocycles. The Balaban J connectivity index is 1.72. The maximum Gasteiger partial charge on any atom is 0.235 e. The Kier molecular flexibility index (Phi) is 5.51. The third-order valence-corrected chi connectivity index (χ3v) is 5.65. The highest BCUT2D eigenvalue weighted by molar-refractivity contribution is 8.00. The number of piperidine rings is 1. The third kappa shape index (κ3) is 3.92. The summed E-state index contributed by atoms with van der Waals surface area (Å²) in [6.45, 7) is 10.9. The standard InChI is InChI=1S/C18H26N4O2S/c1-5-22-16(15-7-6-8-24-15)19-20-18(22)25-14(4)17(23)21-10-12(2)9-13(3)11-21/h6-8,12-14H,5,9-11H2,1-4H3. The Hall–Kier alpha value is -1.76. The van der Waals surface area contributed by atoms with Gasteiger partial charge in [-0.1, -0.05) is 25.6 Å². The molecule has 1 saturated heterocycles. The van der Waals surface area contributed by atoms with Crippen molar-refractivity contribution in [2.45, 2.75) is 51.1 Å². The monoisotopic (exact) mass is 362 g/mol. The van der Waals surface area contributed by atoms with Crippen molar-refractivity contribution in [3.05, 3.63) is 18.4 Å². The fourth-order valence-corrected chi connectivity index (χ4v) is 4.55. The second-order valence-corrected chi connectivity index (χ2v) is 8.29. The number of amides is 1. The minimum Gasteiger partial charge on any atom is -0.461 e. The van der Waals surface area contributed by atoms with Gasteiger partial charge in [-0.2, -0.15) is 0 Å². The van der Waals surface area contributed by atoms with Crippen molar-refractivity contribution >= 4 is 17.7 Å². The molecule has 3 heterocycles. The van der Waals surface area contributed by atoms with Crippen LogP contribution in [0.5, 0.6) is 0 Å². The van der Waals surface area contributed by atoms with Crippen LogP contribution in [-0.2, 0) is 11.3 Å². The van der Waals surface area contributed by atoms with E-state index in [1.54, 1.807) is 6.26 Å². The summed E-state index contributed by atoms with van der Waals surface area (Å²) < 4.78 is 7.43. The molecule has 0 aliphatic carbocycles. The molecule has 0 N–H and O–H groups in total. The number of thioether (sulfide) groups is 1. The number of likely N-dealkylation sites (tertiary alicyclic amines) is 1. The topological polar surface area (TPSA) is 64.2 Å². The zero-order valence-electron chi connectivity index (χ0n) is 15.3. The van der Waals surface area contributed by atoms with E-state index in [0.29, 0.717) is 23.4 Å². The number of furan rings is 1. The summed E-state index contributed by atoms with van der Waals surface area (Å²) >= 11 is 1.47. The van der Waals surface area contributed by atoms with Crippen molar-refractivity contribution in [2.24, 2.45) is 11.8 Å². The van der Waals surface area contributed by atoms with Crippen LogP contribution in [-0.4, -0.2) is 43.9 Å². The van der Waals surface area contributed by atoms with Gasteiger partial charge < -0.3 is 9.32 Å². The van der Waals surface area contributed by atoms with Crippen LogP contribution >= 0.6 is 11.8 Å². The molecule has 3 rings (SSSR count). The highest BCUT2D eigenvalue weighted by Gasteiger charge is 2.29. The number of carbonyl (C=O) groups is 1. The van der Waals surface area contributed by atoms with E-state index in [1.165, 1.54) is 18.2 Å². The van der Waals surface area contributed by atoms with E-state index in [0.717, 1.165) is 24.8 Å². The van der Waals surface area contributed by atoms with Crippen LogP contribution < -0.4 is 0 Å². The molecule has 3 atom stereocenters. The van der Waals surface area contributed by atoms with Gasteiger partial charge in [-0.3, -0.25) is 9.36 Å². The van der Waals surface area contributed by atoms with Gasteiger partial charge in [0.05, 0.1) is 11.5 Å². The molecule has 1 aliphatic heterocycles. The summed E-state index contributed by atoms with van der Waals surface area (Å²) in [6, 6.07) is 3.71. The first-order valence-electron chi connectivity index (χ1n) is 8.92. The van der Waals surface area contributed by atoms with Gasteiger partial charge in [-0.15, -0.1) is 10.2 Å². The average Bonchev–Trinajstić information content (AvgIpc) is 3.22. The minimum absolute atomic E-state index is 0.184. The van der Waals surface area contributed by atoms with Gasteiger partial charge >= 0.3 is 0 Å². The molecule has 1 aliphatic rings. The number of hydrogen-bond acceptors (Lipinski definition) is 5. The lowest BCUT2D eigenvalue weighted by atomic mass is 9.92. The predicted octanol–water partition coefficient (Wildman–Crippen LogP) is 3.54. The van der Waals surface area contributed by atoms with Gasteiger partial charge in [0.1, 0.15) is 0 Å². The number of rotatable bonds is 5. The van der Waals surface area contributed by atoms with E-state index in [9.17, 15) is 4.79 Å². The molecule has 0 radical (unpaired) electrons. The fourth-order valence-electron chi connectivity index (χ4n) is 3.56. The molecule has 136 valence electrons. The summed E-state index contributed by atoms with van der Waals surface area (Å²) in [5.74, 6) is 2.71. The van der Waals surface area contributed by atoms with E-state index in [2.05, 4.69) is 24.0 Å². The second kappa shape index (κ2) is 7.64. The van der Waals surface area contributed by atoms with Crippen LogP contribution in [0.15, 0.2) is 28.0 Å². The molecule has 0 spiro atoms. The summed E-state index contributed by atoms with van der Waals surface area (Å²) in [4.78, 5) is 14.9. The first-order valence-corrected chi connectivity index (χ1v) is 9.80. The highest BCUT2D eigenvalue weighted by atomic mass is 32.2. The van der Waals surface area contributed by atoms with Crippen molar-refractivity contribution in [2.75, 3.05) is 13.1 Å². The first-order chi connectivity index (χ1) is 12.0. The summed E-state index contributed by atoms with van der Waals surface area (Å²) in [5, 5.41) is 9.11. The van der Waals surface area contributed by atoms with Crippen LogP contribution in [0, 0.1) is 11.8 Å². The third-order valence-electron chi connectivity index (χ3n) is 4.59. The SMILES string of the molecule is CCn1c(SC(C)C(=O)N2CC(C)CC(C)C2)nnc1-c1ccco1. The molecule has 1 amide bonds. The van der Waals surface area contributed by atoms with Crippen LogP contribution in [0.2, 0.25) is 0 Å². The van der Waals surface area contributed by atoms with E-state index in [4.69, 9.17) is 4.42 Å². The molecular weight excluding hydrogens is 336 g/mol. The quantitative estimate of drug-likeness (QED) is 0.761. The summed E-state index contributed by atoms with van der Waals surface area (Å²) in [6.07, 6.45) is 2.82. The van der Waals surface area contributed by atoms with Gasteiger partial charge in [0.25, 0.3) is 0 Å². The largest absolute Gasteiger partial charge is 0.461 e. The zero-order chi connectivity index (χ0) is 18.0. The molecule has 25 heavy (non-hydrogen) atoms. The number of carbonyl (C=O) groups excluding carboxylic acids is 1. The summed E-state index contributed by atoms with van der Waals surface area (Å²) in [7, 11) is 0. The predicted molar refractivity (Wildman–Crippen MR) is 98.2 cm³/mol. The average molecular weight is 362 g/mol. The Morgan fingerprint density at radius 3 is 2.68 bits per heavy atom. The molecule has 7 heteroatoms. The number of nitrogens with zero attached hydrogens (tertiary/aromatic N) is 4. The van der Waals surface area contributed by atoms with Gasteiger partial charge in [0.15, 0.2) is 16.7 Å². The smallest absolute Gasteiger partial charge is 0.235 e. The van der Waals surface area contributed by atoms with E-state index in [-0.39, 0.29) is 11.2 Å². The lowest BCUT2D eigenvalue weighted by molar-refractivity contribution is -0.132. The van der Waals surface area contributed by atoms with Crippen LogP contribution in [0.3, 0.4) is 0 Å². The van der Waals surface area contributed by atoms with Crippen LogP contribution in [0.4, 0.5) is 0 Å². The first kappa shape index (κ1) is 18.0. The lowest BCUT2D eigenvalue weighted by Crippen LogP contribution is -2.45. The van der Waals surface area contributed by atoms with E-state index < -0.39 is 0 Å². The zero-order valence-corrected chi connectivity index (χ0v) is 16.1. The minimum atomic E-state index is -0.184. The van der Waals surface area contributed by atoms with Crippen molar-refractivity contribution in [3.63, 3.8) is 0 Å². The number of aromatic nitrogens is 3. The Bertz CT molecular complexity index is 703. The molecule has 0 bridgehead atoms. The number of hydrogen-bond donors (Lipinski definition) is 0. The van der Waals surface area contributed by atoms with Crippen molar-refractivity contribution in [1.29, 1.82) is 0 Å². The molecular formula is C18H26N4O2S. The van der Waals surface area contributed by atoms with Crippen molar-refractivity contribution in [3.8, 4) is 11.6 Å².